The average molecular weight is 451 g/mol. The summed E-state index contributed by atoms with van der Waals surface area (Å²) in [5.74, 6) is -0.0781. The van der Waals surface area contributed by atoms with Gasteiger partial charge in [0.2, 0.25) is 0 Å². The fraction of sp³-hybridized carbons (Fsp3) is 0.522. The van der Waals surface area contributed by atoms with E-state index in [9.17, 15) is 17.6 Å². The van der Waals surface area contributed by atoms with Crippen LogP contribution in [0.15, 0.2) is 40.8 Å². The first kappa shape index (κ1) is 23.5. The zero-order chi connectivity index (χ0) is 22.4. The highest BCUT2D eigenvalue weighted by atomic mass is 32.2. The number of carbonyl (C=O) groups is 1. The molecule has 0 bridgehead atoms. The summed E-state index contributed by atoms with van der Waals surface area (Å²) in [5.41, 5.74) is 0.115. The van der Waals surface area contributed by atoms with E-state index in [4.69, 9.17) is 4.42 Å². The molecule has 170 valence electrons. The molecule has 1 aliphatic rings. The number of piperidine rings is 1. The maximum Gasteiger partial charge on any atom is 0.286 e. The molecule has 2 heterocycles. The number of nitrogens with zero attached hydrogens (tertiary/aromatic N) is 1. The molecule has 1 fully saturated rings. The van der Waals surface area contributed by atoms with E-state index in [1.54, 1.807) is 6.07 Å². The molecular weight excluding hydrogens is 419 g/mol. The number of halogens is 1. The summed E-state index contributed by atoms with van der Waals surface area (Å²) in [6, 6.07) is 8.72. The van der Waals surface area contributed by atoms with Gasteiger partial charge in [0, 0.05) is 25.2 Å². The Morgan fingerprint density at radius 2 is 1.84 bits per heavy atom. The topological polar surface area (TPSA) is 79.6 Å². The van der Waals surface area contributed by atoms with Crippen molar-refractivity contribution in [3.05, 3.63) is 59.3 Å². The molecule has 2 atom stereocenters. The molecule has 1 aliphatic heterocycles. The Morgan fingerprint density at radius 3 is 2.55 bits per heavy atom. The second kappa shape index (κ2) is 10.4. The van der Waals surface area contributed by atoms with Gasteiger partial charge < -0.3 is 14.6 Å². The van der Waals surface area contributed by atoms with Gasteiger partial charge in [-0.2, -0.15) is 0 Å². The van der Waals surface area contributed by atoms with Crippen molar-refractivity contribution in [1.29, 1.82) is 0 Å². The Hall–Kier alpha value is -2.19. The molecule has 1 N–H and O–H groups in total. The van der Waals surface area contributed by atoms with Crippen LogP contribution in [0.4, 0.5) is 4.39 Å². The number of likely N-dealkylation sites (tertiary alicyclic amines) is 1. The van der Waals surface area contributed by atoms with Crippen LogP contribution in [0, 0.1) is 17.7 Å². The largest absolute Gasteiger partial charge is 0.455 e. The monoisotopic (exact) mass is 450 g/mol. The van der Waals surface area contributed by atoms with Crippen LogP contribution in [-0.2, 0) is 21.3 Å². The van der Waals surface area contributed by atoms with Crippen molar-refractivity contribution >= 4 is 15.7 Å². The maximum absolute atomic E-state index is 13.7. The van der Waals surface area contributed by atoms with E-state index >= 15 is 0 Å². The van der Waals surface area contributed by atoms with Crippen LogP contribution in [0.5, 0.6) is 0 Å². The van der Waals surface area contributed by atoms with Crippen LogP contribution in [0.25, 0.3) is 0 Å². The molecular formula is C23H31FN2O4S. The Morgan fingerprint density at radius 1 is 1.13 bits per heavy atom. The number of hydrogen-bond acceptors (Lipinski definition) is 5. The van der Waals surface area contributed by atoms with Gasteiger partial charge >= 0.3 is 0 Å². The minimum atomic E-state index is -3.64. The zero-order valence-corrected chi connectivity index (χ0v) is 19.0. The number of carbonyl (C=O) groups excluding carboxylic acids is 1. The van der Waals surface area contributed by atoms with E-state index in [2.05, 4.69) is 24.1 Å². The van der Waals surface area contributed by atoms with Gasteiger partial charge in [-0.05, 0) is 49.4 Å². The van der Waals surface area contributed by atoms with Crippen LogP contribution in [0.2, 0.25) is 0 Å². The Kier molecular flexibility index (Phi) is 7.89. The number of nitrogens with one attached hydrogen (secondary N) is 1. The average Bonchev–Trinajstić information content (AvgIpc) is 3.14. The lowest BCUT2D eigenvalue weighted by Crippen LogP contribution is -2.40. The van der Waals surface area contributed by atoms with Gasteiger partial charge in [0.05, 0.1) is 5.75 Å². The highest BCUT2D eigenvalue weighted by Crippen LogP contribution is 2.21. The van der Waals surface area contributed by atoms with Crippen LogP contribution in [-0.4, -0.2) is 45.4 Å². The molecule has 6 nitrogen and oxygen atoms in total. The van der Waals surface area contributed by atoms with Gasteiger partial charge in [-0.15, -0.1) is 0 Å². The van der Waals surface area contributed by atoms with Gasteiger partial charge in [0.25, 0.3) is 5.91 Å². The predicted molar refractivity (Wildman–Crippen MR) is 118 cm³/mol. The third kappa shape index (κ3) is 7.18. The lowest BCUT2D eigenvalue weighted by Gasteiger charge is -2.34. The first-order valence-corrected chi connectivity index (χ1v) is 12.6. The highest BCUT2D eigenvalue weighted by molar-refractivity contribution is 7.89. The summed E-state index contributed by atoms with van der Waals surface area (Å²) >= 11 is 0. The van der Waals surface area contributed by atoms with Crippen molar-refractivity contribution in [1.82, 2.24) is 10.2 Å². The molecule has 0 unspecified atom stereocenters. The van der Waals surface area contributed by atoms with Gasteiger partial charge in [-0.25, -0.2) is 12.8 Å². The summed E-state index contributed by atoms with van der Waals surface area (Å²) in [4.78, 5) is 14.7. The Labute approximate surface area is 183 Å². The number of amides is 1. The molecule has 31 heavy (non-hydrogen) atoms. The van der Waals surface area contributed by atoms with Crippen molar-refractivity contribution in [2.24, 2.45) is 11.8 Å². The second-order valence-electron chi connectivity index (χ2n) is 8.70. The van der Waals surface area contributed by atoms with E-state index < -0.39 is 21.4 Å². The summed E-state index contributed by atoms with van der Waals surface area (Å²) in [5, 5.41) is 2.83. The van der Waals surface area contributed by atoms with E-state index in [1.165, 1.54) is 36.8 Å². The SMILES string of the molecule is C[C@@H]1C[C@H](C)CN(CCCNC(=O)c2ccc(CS(=O)(=O)Cc3ccccc3F)o2)C1. The van der Waals surface area contributed by atoms with Crippen LogP contribution in [0.3, 0.4) is 0 Å². The lowest BCUT2D eigenvalue weighted by molar-refractivity contribution is 0.0918. The van der Waals surface area contributed by atoms with Crippen molar-refractivity contribution < 1.29 is 22.0 Å². The first-order valence-electron chi connectivity index (χ1n) is 10.7. The van der Waals surface area contributed by atoms with Crippen molar-refractivity contribution in [3.63, 3.8) is 0 Å². The molecule has 0 radical (unpaired) electrons. The van der Waals surface area contributed by atoms with Gasteiger partial charge in [0.1, 0.15) is 17.3 Å². The number of hydrogen-bond donors (Lipinski definition) is 1. The molecule has 0 aliphatic carbocycles. The Bertz CT molecular complexity index is 979. The third-order valence-electron chi connectivity index (χ3n) is 5.46. The van der Waals surface area contributed by atoms with Gasteiger partial charge in [-0.3, -0.25) is 4.79 Å². The molecule has 1 amide bonds. The molecule has 1 aromatic heterocycles. The quantitative estimate of drug-likeness (QED) is 0.590. The van der Waals surface area contributed by atoms with Gasteiger partial charge in [-0.1, -0.05) is 32.0 Å². The number of furan rings is 1. The van der Waals surface area contributed by atoms with Crippen LogP contribution in [0.1, 0.15) is 48.6 Å². The molecule has 1 saturated heterocycles. The number of rotatable bonds is 9. The molecule has 2 aromatic rings. The third-order valence-corrected chi connectivity index (χ3v) is 6.94. The minimum absolute atomic E-state index is 0.0799. The highest BCUT2D eigenvalue weighted by Gasteiger charge is 2.22. The minimum Gasteiger partial charge on any atom is -0.455 e. The number of sulfone groups is 1. The second-order valence-corrected chi connectivity index (χ2v) is 10.8. The smallest absolute Gasteiger partial charge is 0.286 e. The van der Waals surface area contributed by atoms with Gasteiger partial charge in [0.15, 0.2) is 15.6 Å². The molecule has 8 heteroatoms. The molecule has 0 spiro atoms. The normalized spacial score (nSPS) is 20.0. The lowest BCUT2D eigenvalue weighted by atomic mass is 9.92. The number of benzene rings is 1. The summed E-state index contributed by atoms with van der Waals surface area (Å²) in [6.45, 7) is 8.21. The van der Waals surface area contributed by atoms with E-state index in [-0.39, 0.29) is 28.7 Å². The van der Waals surface area contributed by atoms with E-state index in [1.807, 2.05) is 0 Å². The fourth-order valence-electron chi connectivity index (χ4n) is 4.26. The standard InChI is InChI=1S/C23H31FN2O4S/c1-17-12-18(2)14-26(13-17)11-5-10-25-23(27)22-9-8-20(30-22)16-31(28,29)15-19-6-3-4-7-21(19)24/h3-4,6-9,17-18H,5,10-16H2,1-2H3,(H,25,27)/t17-,18+. The van der Waals surface area contributed by atoms with Crippen molar-refractivity contribution in [2.45, 2.75) is 38.2 Å². The summed E-state index contributed by atoms with van der Waals surface area (Å²) in [6.07, 6.45) is 2.11. The first-order chi connectivity index (χ1) is 14.7. The molecule has 0 saturated carbocycles. The predicted octanol–water partition coefficient (Wildman–Crippen LogP) is 3.63. The van der Waals surface area contributed by atoms with E-state index in [0.29, 0.717) is 18.4 Å². The summed E-state index contributed by atoms with van der Waals surface area (Å²) in [7, 11) is -3.64. The maximum atomic E-state index is 13.7. The molecule has 3 rings (SSSR count). The Balaban J connectivity index is 1.45. The fourth-order valence-corrected chi connectivity index (χ4v) is 5.66. The van der Waals surface area contributed by atoms with Crippen molar-refractivity contribution in [3.8, 4) is 0 Å². The van der Waals surface area contributed by atoms with E-state index in [0.717, 1.165) is 26.1 Å². The van der Waals surface area contributed by atoms with Crippen LogP contribution >= 0.6 is 0 Å². The summed E-state index contributed by atoms with van der Waals surface area (Å²) < 4.78 is 43.9. The van der Waals surface area contributed by atoms with Crippen molar-refractivity contribution in [2.75, 3.05) is 26.2 Å². The zero-order valence-electron chi connectivity index (χ0n) is 18.1. The van der Waals surface area contributed by atoms with Crippen LogP contribution < -0.4 is 5.32 Å². The molecule has 1 aromatic carbocycles.